The number of nitrogens with zero attached hydrogens (tertiary/aromatic N) is 6. The van der Waals surface area contributed by atoms with Crippen LogP contribution in [0.5, 0.6) is 0 Å². The number of aromatic nitrogens is 2. The van der Waals surface area contributed by atoms with Crippen molar-refractivity contribution in [1.82, 2.24) is 29.6 Å². The predicted octanol–water partition coefficient (Wildman–Crippen LogP) is 2.47. The van der Waals surface area contributed by atoms with Crippen molar-refractivity contribution in [1.29, 1.82) is 0 Å². The van der Waals surface area contributed by atoms with E-state index in [-0.39, 0.29) is 0 Å². The third kappa shape index (κ3) is 6.19. The van der Waals surface area contributed by atoms with Gasteiger partial charge in [-0.2, -0.15) is 0 Å². The topological polar surface area (TPSA) is 65.0 Å². The van der Waals surface area contributed by atoms with Crippen LogP contribution in [0.3, 0.4) is 0 Å². The Morgan fingerprint density at radius 2 is 0.969 bits per heavy atom. The van der Waals surface area contributed by atoms with Gasteiger partial charge in [-0.25, -0.2) is 9.97 Å². The van der Waals surface area contributed by atoms with E-state index < -0.39 is 0 Å². The van der Waals surface area contributed by atoms with Gasteiger partial charge in [0, 0.05) is 65.4 Å². The van der Waals surface area contributed by atoms with Crippen LogP contribution in [0.1, 0.15) is 41.6 Å². The van der Waals surface area contributed by atoms with E-state index in [1.54, 1.807) is 0 Å². The van der Waals surface area contributed by atoms with E-state index in [2.05, 4.69) is 36.5 Å². The Balaban J connectivity index is 1.12. The molecule has 8 heteroatoms. The maximum atomic E-state index is 5.76. The summed E-state index contributed by atoms with van der Waals surface area (Å²) in [7, 11) is 0. The highest BCUT2D eigenvalue weighted by atomic mass is 16.4. The normalized spacial score (nSPS) is 19.9. The van der Waals surface area contributed by atoms with Crippen LogP contribution in [0.15, 0.2) is 8.83 Å². The minimum absolute atomic E-state index is 0.683. The first kappa shape index (κ1) is 23.4. The molecule has 8 nitrogen and oxygen atoms in total. The van der Waals surface area contributed by atoms with Gasteiger partial charge in [0.05, 0.1) is 24.5 Å². The smallest absolute Gasteiger partial charge is 0.208 e. The predicted molar refractivity (Wildman–Crippen MR) is 125 cm³/mol. The molecule has 0 aromatic carbocycles. The molecule has 4 rings (SSSR count). The van der Waals surface area contributed by atoms with Crippen LogP contribution in [0.4, 0.5) is 0 Å². The summed E-state index contributed by atoms with van der Waals surface area (Å²) >= 11 is 0. The van der Waals surface area contributed by atoms with E-state index in [1.165, 1.54) is 13.1 Å². The molecule has 0 radical (unpaired) electrons. The first-order valence-electron chi connectivity index (χ1n) is 12.1. The molecule has 0 unspecified atom stereocenters. The van der Waals surface area contributed by atoms with E-state index in [9.17, 15) is 0 Å². The molecule has 2 aliphatic heterocycles. The van der Waals surface area contributed by atoms with Crippen LogP contribution in [0.2, 0.25) is 0 Å². The standard InChI is InChI=1S/C24H40N6O2/c1-18(14-27-6-10-29(11-7-27)16-23-25-19(2)21(4)31-23)15-28-8-12-30(13-9-28)17-24-26-20(3)22(5)32-24/h18H,6-17H2,1-5H3. The molecule has 2 aromatic heterocycles. The van der Waals surface area contributed by atoms with E-state index in [4.69, 9.17) is 8.83 Å². The number of piperazine rings is 2. The Labute approximate surface area is 192 Å². The second-order valence-corrected chi connectivity index (χ2v) is 9.76. The minimum atomic E-state index is 0.683. The first-order valence-corrected chi connectivity index (χ1v) is 12.1. The van der Waals surface area contributed by atoms with Gasteiger partial charge in [-0.15, -0.1) is 0 Å². The third-order valence-electron chi connectivity index (χ3n) is 6.93. The Morgan fingerprint density at radius 3 is 1.28 bits per heavy atom. The second kappa shape index (κ2) is 10.5. The highest BCUT2D eigenvalue weighted by Gasteiger charge is 2.23. The summed E-state index contributed by atoms with van der Waals surface area (Å²) in [5.41, 5.74) is 2.02. The molecule has 0 saturated carbocycles. The third-order valence-corrected chi connectivity index (χ3v) is 6.93. The monoisotopic (exact) mass is 444 g/mol. The number of rotatable bonds is 8. The Hall–Kier alpha value is -1.74. The average molecular weight is 445 g/mol. The van der Waals surface area contributed by atoms with Gasteiger partial charge in [0.2, 0.25) is 11.8 Å². The molecular formula is C24H40N6O2. The second-order valence-electron chi connectivity index (χ2n) is 9.76. The fourth-order valence-electron chi connectivity index (χ4n) is 4.80. The lowest BCUT2D eigenvalue weighted by Gasteiger charge is -2.38. The molecule has 0 amide bonds. The molecule has 32 heavy (non-hydrogen) atoms. The van der Waals surface area contributed by atoms with Crippen molar-refractivity contribution in [2.24, 2.45) is 5.92 Å². The van der Waals surface area contributed by atoms with Crippen molar-refractivity contribution < 1.29 is 8.83 Å². The molecule has 0 atom stereocenters. The number of hydrogen-bond donors (Lipinski definition) is 0. The summed E-state index contributed by atoms with van der Waals surface area (Å²) in [6.45, 7) is 23.3. The molecule has 178 valence electrons. The molecule has 4 heterocycles. The molecule has 2 fully saturated rings. The first-order chi connectivity index (χ1) is 15.4. The van der Waals surface area contributed by atoms with Gasteiger partial charge in [-0.3, -0.25) is 9.80 Å². The molecule has 2 saturated heterocycles. The fourth-order valence-corrected chi connectivity index (χ4v) is 4.80. The molecule has 0 N–H and O–H groups in total. The van der Waals surface area contributed by atoms with Gasteiger partial charge >= 0.3 is 0 Å². The van der Waals surface area contributed by atoms with Crippen LogP contribution >= 0.6 is 0 Å². The Kier molecular flexibility index (Phi) is 7.66. The van der Waals surface area contributed by atoms with Crippen molar-refractivity contribution in [3.8, 4) is 0 Å². The maximum Gasteiger partial charge on any atom is 0.208 e. The number of oxazole rings is 2. The summed E-state index contributed by atoms with van der Waals surface area (Å²) in [6.07, 6.45) is 0. The van der Waals surface area contributed by atoms with Crippen molar-refractivity contribution in [3.05, 3.63) is 34.7 Å². The van der Waals surface area contributed by atoms with E-state index in [0.29, 0.717) is 5.92 Å². The molecular weight excluding hydrogens is 404 g/mol. The zero-order valence-corrected chi connectivity index (χ0v) is 20.6. The minimum Gasteiger partial charge on any atom is -0.444 e. The quantitative estimate of drug-likeness (QED) is 0.615. The van der Waals surface area contributed by atoms with Crippen molar-refractivity contribution in [2.75, 3.05) is 65.4 Å². The summed E-state index contributed by atoms with van der Waals surface area (Å²) in [4.78, 5) is 19.2. The van der Waals surface area contributed by atoms with Crippen molar-refractivity contribution in [3.63, 3.8) is 0 Å². The van der Waals surface area contributed by atoms with Gasteiger partial charge in [0.25, 0.3) is 0 Å². The zero-order valence-electron chi connectivity index (χ0n) is 20.6. The van der Waals surface area contributed by atoms with E-state index >= 15 is 0 Å². The van der Waals surface area contributed by atoms with Gasteiger partial charge in [-0.05, 0) is 33.6 Å². The lowest BCUT2D eigenvalue weighted by molar-refractivity contribution is 0.0816. The van der Waals surface area contributed by atoms with Crippen LogP contribution in [-0.4, -0.2) is 95.0 Å². The molecule has 0 bridgehead atoms. The van der Waals surface area contributed by atoms with Crippen LogP contribution in [0, 0.1) is 33.6 Å². The maximum absolute atomic E-state index is 5.76. The number of hydrogen-bond acceptors (Lipinski definition) is 8. The van der Waals surface area contributed by atoms with Crippen LogP contribution in [-0.2, 0) is 13.1 Å². The lowest BCUT2D eigenvalue weighted by atomic mass is 10.1. The highest BCUT2D eigenvalue weighted by Crippen LogP contribution is 2.15. The summed E-state index contributed by atoms with van der Waals surface area (Å²) < 4.78 is 11.5. The van der Waals surface area contributed by atoms with E-state index in [1.807, 2.05) is 27.7 Å². The van der Waals surface area contributed by atoms with Gasteiger partial charge < -0.3 is 18.6 Å². The zero-order chi connectivity index (χ0) is 22.7. The molecule has 2 aromatic rings. The Bertz CT molecular complexity index is 753. The van der Waals surface area contributed by atoms with Crippen molar-refractivity contribution >= 4 is 0 Å². The number of aryl methyl sites for hydroxylation is 4. The largest absolute Gasteiger partial charge is 0.444 e. The SMILES string of the molecule is Cc1nc(CN2CCN(CC(C)CN3CCN(Cc4nc(C)c(C)o4)CC3)CC2)oc1C. The van der Waals surface area contributed by atoms with E-state index in [0.717, 1.165) is 100 Å². The summed E-state index contributed by atoms with van der Waals surface area (Å²) in [5.74, 6) is 4.28. The average Bonchev–Trinajstić information content (AvgIpc) is 3.24. The fraction of sp³-hybridized carbons (Fsp3) is 0.750. The molecule has 2 aliphatic rings. The van der Waals surface area contributed by atoms with Crippen LogP contribution < -0.4 is 0 Å². The van der Waals surface area contributed by atoms with Gasteiger partial charge in [0.15, 0.2) is 0 Å². The summed E-state index contributed by atoms with van der Waals surface area (Å²) in [5, 5.41) is 0. The summed E-state index contributed by atoms with van der Waals surface area (Å²) in [6, 6.07) is 0. The van der Waals surface area contributed by atoms with Crippen LogP contribution in [0.25, 0.3) is 0 Å². The highest BCUT2D eigenvalue weighted by molar-refractivity contribution is 5.06. The lowest BCUT2D eigenvalue weighted by Crippen LogP contribution is -2.50. The Morgan fingerprint density at radius 1 is 0.625 bits per heavy atom. The van der Waals surface area contributed by atoms with Gasteiger partial charge in [-0.1, -0.05) is 6.92 Å². The van der Waals surface area contributed by atoms with Gasteiger partial charge in [0.1, 0.15) is 11.5 Å². The molecule has 0 aliphatic carbocycles. The molecule has 0 spiro atoms. The van der Waals surface area contributed by atoms with Crippen molar-refractivity contribution in [2.45, 2.75) is 47.7 Å².